The van der Waals surface area contributed by atoms with Gasteiger partial charge in [-0.2, -0.15) is 0 Å². The van der Waals surface area contributed by atoms with E-state index in [1.807, 2.05) is 48.6 Å². The quantitative estimate of drug-likeness (QED) is 0.509. The second kappa shape index (κ2) is 5.68. The molecule has 0 unspecified atom stereocenters. The third-order valence-corrected chi connectivity index (χ3v) is 4.58. The largest absolute Gasteiger partial charge is 0.497 e. The number of halogens is 1. The Morgan fingerprint density at radius 2 is 2.00 bits per heavy atom. The van der Waals surface area contributed by atoms with Gasteiger partial charge < -0.3 is 9.15 Å². The minimum absolute atomic E-state index is 0.533. The predicted molar refractivity (Wildman–Crippen MR) is 94.1 cm³/mol. The van der Waals surface area contributed by atoms with Crippen molar-refractivity contribution in [3.05, 3.63) is 52.3 Å². The number of benzene rings is 2. The summed E-state index contributed by atoms with van der Waals surface area (Å²) in [5, 5.41) is 1.56. The van der Waals surface area contributed by atoms with Gasteiger partial charge in [-0.15, -0.1) is 11.3 Å². The van der Waals surface area contributed by atoms with Crippen molar-refractivity contribution in [2.24, 2.45) is 0 Å². The van der Waals surface area contributed by atoms with E-state index >= 15 is 0 Å². The highest BCUT2D eigenvalue weighted by atomic mass is 35.5. The minimum Gasteiger partial charge on any atom is -0.497 e. The molecule has 114 valence electrons. The van der Waals surface area contributed by atoms with Crippen molar-refractivity contribution < 1.29 is 9.15 Å². The molecule has 0 aliphatic rings. The third kappa shape index (κ3) is 2.81. The van der Waals surface area contributed by atoms with Gasteiger partial charge in [-0.1, -0.05) is 11.6 Å². The fourth-order valence-electron chi connectivity index (χ4n) is 2.26. The number of oxazole rings is 1. The molecule has 0 aliphatic carbocycles. The summed E-state index contributed by atoms with van der Waals surface area (Å²) in [5.41, 5.74) is 2.38. The summed E-state index contributed by atoms with van der Waals surface area (Å²) >= 11 is 7.57. The van der Waals surface area contributed by atoms with E-state index < -0.39 is 0 Å². The molecule has 0 saturated heterocycles. The molecule has 0 bridgehead atoms. The molecule has 4 nitrogen and oxygen atoms in total. The number of aromatic nitrogens is 2. The smallest absolute Gasteiger partial charge is 0.220 e. The molecular weight excluding hydrogens is 332 g/mol. The number of nitrogens with zero attached hydrogens (tertiary/aromatic N) is 2. The van der Waals surface area contributed by atoms with Crippen LogP contribution in [0.1, 0.15) is 10.9 Å². The van der Waals surface area contributed by atoms with Crippen LogP contribution in [-0.2, 0) is 0 Å². The standard InChI is InChI=1S/C17H11ClN2O2S/c1-21-11-3-4-14-12(9-11)19-16(22-14)6-7-17-20-13-8-10(18)2-5-15(13)23-17/h2-9H,1H3. The van der Waals surface area contributed by atoms with Crippen molar-refractivity contribution in [3.63, 3.8) is 0 Å². The monoisotopic (exact) mass is 342 g/mol. The first-order valence-electron chi connectivity index (χ1n) is 6.90. The molecule has 2 aromatic heterocycles. The van der Waals surface area contributed by atoms with E-state index in [-0.39, 0.29) is 0 Å². The fourth-order valence-corrected chi connectivity index (χ4v) is 3.27. The topological polar surface area (TPSA) is 48.2 Å². The highest BCUT2D eigenvalue weighted by Gasteiger charge is 2.06. The molecule has 0 aliphatic heterocycles. The maximum Gasteiger partial charge on any atom is 0.220 e. The van der Waals surface area contributed by atoms with Gasteiger partial charge >= 0.3 is 0 Å². The molecule has 0 radical (unpaired) electrons. The second-order valence-electron chi connectivity index (χ2n) is 4.88. The highest BCUT2D eigenvalue weighted by molar-refractivity contribution is 7.19. The van der Waals surface area contributed by atoms with E-state index in [4.69, 9.17) is 20.8 Å². The summed E-state index contributed by atoms with van der Waals surface area (Å²) < 4.78 is 12.0. The van der Waals surface area contributed by atoms with Crippen LogP contribution in [-0.4, -0.2) is 17.1 Å². The van der Waals surface area contributed by atoms with Gasteiger partial charge in [0.15, 0.2) is 5.58 Å². The van der Waals surface area contributed by atoms with Crippen LogP contribution in [0.15, 0.2) is 40.8 Å². The number of fused-ring (bicyclic) bond motifs is 2. The zero-order valence-electron chi connectivity index (χ0n) is 12.1. The number of thiazole rings is 1. The number of ether oxygens (including phenoxy) is 1. The number of methoxy groups -OCH3 is 1. The third-order valence-electron chi connectivity index (χ3n) is 3.35. The Labute approximate surface area is 141 Å². The molecule has 0 fully saturated rings. The Morgan fingerprint density at radius 1 is 1.09 bits per heavy atom. The summed E-state index contributed by atoms with van der Waals surface area (Å²) in [4.78, 5) is 8.95. The van der Waals surface area contributed by atoms with Crippen LogP contribution in [0.3, 0.4) is 0 Å². The average molecular weight is 343 g/mol. The summed E-state index contributed by atoms with van der Waals surface area (Å²) in [6.07, 6.45) is 3.70. The van der Waals surface area contributed by atoms with Crippen molar-refractivity contribution in [3.8, 4) is 5.75 Å². The Morgan fingerprint density at radius 3 is 2.87 bits per heavy atom. The molecule has 0 atom stereocenters. The number of hydrogen-bond acceptors (Lipinski definition) is 5. The summed E-state index contributed by atoms with van der Waals surface area (Å²) in [6, 6.07) is 11.2. The van der Waals surface area contributed by atoms with Gasteiger partial charge in [-0.3, -0.25) is 0 Å². The molecule has 6 heteroatoms. The lowest BCUT2D eigenvalue weighted by atomic mass is 10.3. The van der Waals surface area contributed by atoms with Gasteiger partial charge in [0.25, 0.3) is 0 Å². The van der Waals surface area contributed by atoms with Crippen molar-refractivity contribution in [2.45, 2.75) is 0 Å². The Hall–Kier alpha value is -2.37. The zero-order chi connectivity index (χ0) is 15.8. The van der Waals surface area contributed by atoms with E-state index in [1.54, 1.807) is 18.4 Å². The molecule has 2 heterocycles. The van der Waals surface area contributed by atoms with Crippen molar-refractivity contribution in [2.75, 3.05) is 7.11 Å². The number of hydrogen-bond donors (Lipinski definition) is 0. The minimum atomic E-state index is 0.533. The van der Waals surface area contributed by atoms with Crippen LogP contribution in [0.25, 0.3) is 33.5 Å². The van der Waals surface area contributed by atoms with E-state index in [1.165, 1.54) is 0 Å². The molecule has 0 amide bonds. The van der Waals surface area contributed by atoms with E-state index in [2.05, 4.69) is 9.97 Å². The van der Waals surface area contributed by atoms with Crippen LogP contribution in [0.2, 0.25) is 5.02 Å². The predicted octanol–water partition coefficient (Wildman–Crippen LogP) is 5.27. The first-order valence-corrected chi connectivity index (χ1v) is 8.09. The van der Waals surface area contributed by atoms with Crippen LogP contribution >= 0.6 is 22.9 Å². The van der Waals surface area contributed by atoms with Crippen LogP contribution in [0.4, 0.5) is 0 Å². The molecule has 4 aromatic rings. The van der Waals surface area contributed by atoms with Crippen LogP contribution in [0, 0.1) is 0 Å². The lowest BCUT2D eigenvalue weighted by Crippen LogP contribution is -1.80. The SMILES string of the molecule is COc1ccc2oc(C=Cc3nc4cc(Cl)ccc4s3)nc2c1. The van der Waals surface area contributed by atoms with Gasteiger partial charge in [-0.05, 0) is 36.4 Å². The molecule has 23 heavy (non-hydrogen) atoms. The first kappa shape index (κ1) is 14.2. The normalized spacial score (nSPS) is 11.7. The fraction of sp³-hybridized carbons (Fsp3) is 0.0588. The van der Waals surface area contributed by atoms with Crippen molar-refractivity contribution in [1.82, 2.24) is 9.97 Å². The summed E-state index contributed by atoms with van der Waals surface area (Å²) in [5.74, 6) is 1.29. The maximum absolute atomic E-state index is 5.98. The second-order valence-corrected chi connectivity index (χ2v) is 6.38. The van der Waals surface area contributed by atoms with Crippen molar-refractivity contribution in [1.29, 1.82) is 0 Å². The van der Waals surface area contributed by atoms with Gasteiger partial charge in [0.1, 0.15) is 16.3 Å². The maximum atomic E-state index is 5.98. The van der Waals surface area contributed by atoms with Gasteiger partial charge in [0, 0.05) is 17.2 Å². The summed E-state index contributed by atoms with van der Waals surface area (Å²) in [7, 11) is 1.63. The lowest BCUT2D eigenvalue weighted by Gasteiger charge is -1.95. The zero-order valence-corrected chi connectivity index (χ0v) is 13.7. The molecule has 4 rings (SSSR count). The molecular formula is C17H11ClN2O2S. The van der Waals surface area contributed by atoms with Gasteiger partial charge in [0.2, 0.25) is 5.89 Å². The van der Waals surface area contributed by atoms with Crippen LogP contribution < -0.4 is 4.74 Å². The van der Waals surface area contributed by atoms with Crippen molar-refractivity contribution >= 4 is 56.4 Å². The molecule has 2 aromatic carbocycles. The van der Waals surface area contributed by atoms with Gasteiger partial charge in [0.05, 0.1) is 17.3 Å². The molecule has 0 saturated carbocycles. The Kier molecular flexibility index (Phi) is 3.52. The van der Waals surface area contributed by atoms with E-state index in [0.717, 1.165) is 32.1 Å². The first-order chi connectivity index (χ1) is 11.2. The molecule has 0 spiro atoms. The lowest BCUT2D eigenvalue weighted by molar-refractivity contribution is 0.415. The Balaban J connectivity index is 1.66. The number of rotatable bonds is 3. The average Bonchev–Trinajstić information content (AvgIpc) is 3.14. The van der Waals surface area contributed by atoms with Gasteiger partial charge in [-0.25, -0.2) is 9.97 Å². The van der Waals surface area contributed by atoms with Crippen LogP contribution in [0.5, 0.6) is 5.75 Å². The molecule has 0 N–H and O–H groups in total. The Bertz CT molecular complexity index is 1040. The summed E-state index contributed by atoms with van der Waals surface area (Å²) in [6.45, 7) is 0. The van der Waals surface area contributed by atoms with E-state index in [0.29, 0.717) is 10.9 Å². The van der Waals surface area contributed by atoms with E-state index in [9.17, 15) is 0 Å². The highest BCUT2D eigenvalue weighted by Crippen LogP contribution is 2.27.